The molecule has 3 aromatic rings. The van der Waals surface area contributed by atoms with Gasteiger partial charge in [-0.2, -0.15) is 0 Å². The van der Waals surface area contributed by atoms with E-state index < -0.39 is 5.67 Å². The van der Waals surface area contributed by atoms with Crippen molar-refractivity contribution in [3.8, 4) is 0 Å². The molecule has 8 heteroatoms. The maximum atomic E-state index is 14.4. The molecule has 1 N–H and O–H groups in total. The topological polar surface area (TPSA) is 41.1 Å². The van der Waals surface area contributed by atoms with Crippen molar-refractivity contribution in [3.05, 3.63) is 68.1 Å². The number of thiophene rings is 1. The molecule has 0 bridgehead atoms. The van der Waals surface area contributed by atoms with Crippen LogP contribution in [0.5, 0.6) is 0 Å². The molecule has 5 rings (SSSR count). The largest absolute Gasteiger partial charge is 0.379 e. The van der Waals surface area contributed by atoms with E-state index in [1.165, 1.54) is 50.8 Å². The first kappa shape index (κ1) is 28.8. The third kappa shape index (κ3) is 6.29. The summed E-state index contributed by atoms with van der Waals surface area (Å²) < 4.78 is 14.4. The fourth-order valence-electron chi connectivity index (χ4n) is 6.14. The minimum Gasteiger partial charge on any atom is -0.379 e. The zero-order chi connectivity index (χ0) is 27.8. The maximum Gasteiger partial charge on any atom is 0.156 e. The first-order valence-corrected chi connectivity index (χ1v) is 16.7. The van der Waals surface area contributed by atoms with Crippen molar-refractivity contribution >= 4 is 40.1 Å². The van der Waals surface area contributed by atoms with Crippen LogP contribution >= 0.6 is 34.4 Å². The second-order valence-corrected chi connectivity index (χ2v) is 15.2. The zero-order valence-electron chi connectivity index (χ0n) is 23.8. The number of rotatable bonds is 9. The van der Waals surface area contributed by atoms with Crippen LogP contribution < -0.4 is 5.32 Å². The van der Waals surface area contributed by atoms with Crippen LogP contribution in [0.15, 0.2) is 42.1 Å². The lowest BCUT2D eigenvalue weighted by Crippen LogP contribution is -2.45. The van der Waals surface area contributed by atoms with E-state index in [-0.39, 0.29) is 11.5 Å². The number of hydrogen-bond donors (Lipinski definition) is 1. The molecule has 1 fully saturated rings. The van der Waals surface area contributed by atoms with E-state index in [1.54, 1.807) is 18.7 Å². The molecular formula is C31H41FN4S3. The summed E-state index contributed by atoms with van der Waals surface area (Å²) in [7, 11) is 0. The number of likely N-dealkylation sites (tertiary alicyclic amines) is 1. The summed E-state index contributed by atoms with van der Waals surface area (Å²) in [5, 5.41) is 4.11. The average Bonchev–Trinajstić information content (AvgIpc) is 3.57. The van der Waals surface area contributed by atoms with Crippen molar-refractivity contribution in [2.75, 3.05) is 18.8 Å². The van der Waals surface area contributed by atoms with Crippen LogP contribution in [0.2, 0.25) is 0 Å². The molecule has 0 saturated carbocycles. The van der Waals surface area contributed by atoms with Gasteiger partial charge in [0.05, 0.1) is 17.1 Å². The third-order valence-electron chi connectivity index (χ3n) is 8.23. The SMILES string of the molecule is C=C(NCc1ccc(SCC)cn1)c1cc2c(s1)C1(CCN(C(C)c3cnc(C(C)(C)F)s3)CC1)CC(C)C2. The summed E-state index contributed by atoms with van der Waals surface area (Å²) in [4.78, 5) is 16.8. The molecule has 1 aliphatic carbocycles. The molecule has 0 radical (unpaired) electrons. The van der Waals surface area contributed by atoms with Gasteiger partial charge in [-0.1, -0.05) is 20.4 Å². The Bertz CT molecular complexity index is 1280. The lowest BCUT2D eigenvalue weighted by atomic mass is 9.65. The summed E-state index contributed by atoms with van der Waals surface area (Å²) in [6.07, 6.45) is 8.60. The quantitative estimate of drug-likeness (QED) is 0.256. The van der Waals surface area contributed by atoms with E-state index >= 15 is 0 Å². The van der Waals surface area contributed by atoms with Gasteiger partial charge in [-0.05, 0) is 95.0 Å². The van der Waals surface area contributed by atoms with Crippen LogP contribution in [0.25, 0.3) is 5.70 Å². The third-order valence-corrected chi connectivity index (χ3v) is 12.0. The second kappa shape index (κ2) is 11.6. The zero-order valence-corrected chi connectivity index (χ0v) is 26.3. The Kier molecular flexibility index (Phi) is 8.58. The van der Waals surface area contributed by atoms with Crippen LogP contribution in [0.4, 0.5) is 4.39 Å². The van der Waals surface area contributed by atoms with Crippen LogP contribution in [0.3, 0.4) is 0 Å². The summed E-state index contributed by atoms with van der Waals surface area (Å²) in [5.41, 5.74) is 2.42. The molecule has 2 atom stereocenters. The van der Waals surface area contributed by atoms with Gasteiger partial charge in [0.1, 0.15) is 5.01 Å². The van der Waals surface area contributed by atoms with Crippen LogP contribution in [-0.4, -0.2) is 33.7 Å². The van der Waals surface area contributed by atoms with Crippen LogP contribution in [0, 0.1) is 5.92 Å². The van der Waals surface area contributed by atoms with E-state index in [4.69, 9.17) is 0 Å². The number of fused-ring (bicyclic) bond motifs is 2. The van der Waals surface area contributed by atoms with E-state index in [2.05, 4.69) is 65.7 Å². The number of hydrogen-bond acceptors (Lipinski definition) is 7. The number of nitrogens with zero attached hydrogens (tertiary/aromatic N) is 3. The van der Waals surface area contributed by atoms with Crippen molar-refractivity contribution in [3.63, 3.8) is 0 Å². The van der Waals surface area contributed by atoms with Gasteiger partial charge in [-0.15, -0.1) is 34.4 Å². The average molecular weight is 585 g/mol. The highest BCUT2D eigenvalue weighted by atomic mass is 32.2. The molecule has 4 nitrogen and oxygen atoms in total. The van der Waals surface area contributed by atoms with E-state index in [0.29, 0.717) is 17.5 Å². The van der Waals surface area contributed by atoms with Crippen molar-refractivity contribution < 1.29 is 4.39 Å². The molecule has 3 aromatic heterocycles. The van der Waals surface area contributed by atoms with Gasteiger partial charge in [0.15, 0.2) is 5.67 Å². The van der Waals surface area contributed by atoms with E-state index in [0.717, 1.165) is 36.7 Å². The summed E-state index contributed by atoms with van der Waals surface area (Å²) in [6.45, 7) is 17.2. The molecule has 210 valence electrons. The lowest BCUT2D eigenvalue weighted by Gasteiger charge is -2.47. The fraction of sp³-hybridized carbons (Fsp3) is 0.548. The monoisotopic (exact) mass is 584 g/mol. The number of nitrogens with one attached hydrogen (secondary N) is 1. The number of piperidine rings is 1. The summed E-state index contributed by atoms with van der Waals surface area (Å²) in [6, 6.07) is 6.92. The normalized spacial score (nSPS) is 20.1. The summed E-state index contributed by atoms with van der Waals surface area (Å²) in [5.74, 6) is 1.74. The Morgan fingerprint density at radius 1 is 1.26 bits per heavy atom. The van der Waals surface area contributed by atoms with Gasteiger partial charge >= 0.3 is 0 Å². The van der Waals surface area contributed by atoms with Gasteiger partial charge < -0.3 is 5.32 Å². The molecule has 4 heterocycles. The number of halogens is 1. The van der Waals surface area contributed by atoms with Gasteiger partial charge in [0.25, 0.3) is 0 Å². The van der Waals surface area contributed by atoms with Crippen molar-refractivity contribution in [1.82, 2.24) is 20.2 Å². The molecule has 1 spiro atoms. The molecule has 39 heavy (non-hydrogen) atoms. The Morgan fingerprint density at radius 3 is 2.67 bits per heavy atom. The standard InChI is InChI=1S/C31H41FN4S3/c1-7-37-25-9-8-24(34-18-25)17-33-21(3)26-15-23-14-20(2)16-31(28(23)38-26)10-12-36(13-11-31)22(4)27-19-35-29(39-27)30(5,6)32/h8-9,15,18-20,22,33H,3,7,10-14,16-17H2,1-2,4-6H3. The Morgan fingerprint density at radius 2 is 2.03 bits per heavy atom. The minimum absolute atomic E-state index is 0.251. The molecule has 2 unspecified atom stereocenters. The Balaban J connectivity index is 1.25. The number of pyridine rings is 1. The molecule has 1 aliphatic heterocycles. The fourth-order valence-corrected chi connectivity index (χ4v) is 9.16. The smallest absolute Gasteiger partial charge is 0.156 e. The molecule has 0 amide bonds. The number of thiazole rings is 1. The van der Waals surface area contributed by atoms with Gasteiger partial charge in [0, 0.05) is 44.2 Å². The molecular weight excluding hydrogens is 544 g/mol. The highest BCUT2D eigenvalue weighted by Crippen LogP contribution is 2.51. The van der Waals surface area contributed by atoms with E-state index in [1.807, 2.05) is 35.5 Å². The van der Waals surface area contributed by atoms with Crippen molar-refractivity contribution in [2.24, 2.45) is 5.92 Å². The highest BCUT2D eigenvalue weighted by molar-refractivity contribution is 7.99. The highest BCUT2D eigenvalue weighted by Gasteiger charge is 2.44. The van der Waals surface area contributed by atoms with Crippen LogP contribution in [-0.2, 0) is 24.0 Å². The maximum absolute atomic E-state index is 14.4. The number of thioether (sulfide) groups is 1. The first-order chi connectivity index (χ1) is 18.6. The van der Waals surface area contributed by atoms with Crippen molar-refractivity contribution in [1.29, 1.82) is 0 Å². The predicted octanol–water partition coefficient (Wildman–Crippen LogP) is 8.35. The van der Waals surface area contributed by atoms with E-state index in [9.17, 15) is 4.39 Å². The number of aromatic nitrogens is 2. The van der Waals surface area contributed by atoms with Gasteiger partial charge in [0.2, 0.25) is 0 Å². The van der Waals surface area contributed by atoms with Gasteiger partial charge in [-0.3, -0.25) is 9.88 Å². The molecule has 2 aliphatic rings. The lowest BCUT2D eigenvalue weighted by molar-refractivity contribution is 0.106. The predicted molar refractivity (Wildman–Crippen MR) is 165 cm³/mol. The molecule has 0 aromatic carbocycles. The minimum atomic E-state index is -1.38. The Hall–Kier alpha value is -1.74. The second-order valence-electron chi connectivity index (χ2n) is 11.8. The van der Waals surface area contributed by atoms with Crippen molar-refractivity contribution in [2.45, 2.75) is 88.9 Å². The molecule has 1 saturated heterocycles. The van der Waals surface area contributed by atoms with Gasteiger partial charge in [-0.25, -0.2) is 9.37 Å². The summed E-state index contributed by atoms with van der Waals surface area (Å²) >= 11 is 5.29. The Labute approximate surface area is 245 Å². The number of alkyl halides is 1. The first-order valence-electron chi connectivity index (χ1n) is 14.1. The van der Waals surface area contributed by atoms with Crippen LogP contribution in [0.1, 0.15) is 90.8 Å².